The Bertz CT molecular complexity index is 719. The highest BCUT2D eigenvalue weighted by atomic mass is 35.5. The zero-order chi connectivity index (χ0) is 17.2. The molecule has 0 saturated heterocycles. The zero-order valence-corrected chi connectivity index (χ0v) is 13.9. The SMILES string of the molecule is Cc1ccccc1N(C)C(C(=O)O)c1ccccc1C(F)(F)F.Cl. The molecule has 0 fully saturated rings. The summed E-state index contributed by atoms with van der Waals surface area (Å²) < 4.78 is 39.6. The molecule has 1 atom stereocenters. The Morgan fingerprint density at radius 2 is 1.62 bits per heavy atom. The lowest BCUT2D eigenvalue weighted by molar-refractivity contribution is -0.141. The van der Waals surface area contributed by atoms with E-state index < -0.39 is 23.8 Å². The van der Waals surface area contributed by atoms with Crippen LogP contribution < -0.4 is 4.90 Å². The van der Waals surface area contributed by atoms with E-state index in [-0.39, 0.29) is 18.0 Å². The minimum Gasteiger partial charge on any atom is -0.479 e. The molecule has 0 aromatic heterocycles. The number of aliphatic carboxylic acids is 1. The number of likely N-dealkylation sites (N-methyl/N-ethyl adjacent to an activating group) is 1. The predicted octanol–water partition coefficient (Wildman–Crippen LogP) is 4.70. The summed E-state index contributed by atoms with van der Waals surface area (Å²) in [6.07, 6.45) is -4.61. The van der Waals surface area contributed by atoms with Gasteiger partial charge in [-0.15, -0.1) is 12.4 Å². The van der Waals surface area contributed by atoms with Crippen LogP contribution in [0.3, 0.4) is 0 Å². The maximum atomic E-state index is 13.2. The highest BCUT2D eigenvalue weighted by Crippen LogP contribution is 2.37. The Morgan fingerprint density at radius 1 is 1.08 bits per heavy atom. The van der Waals surface area contributed by atoms with Gasteiger partial charge in [0.25, 0.3) is 0 Å². The summed E-state index contributed by atoms with van der Waals surface area (Å²) in [5.41, 5.74) is 0.133. The Morgan fingerprint density at radius 3 is 2.17 bits per heavy atom. The summed E-state index contributed by atoms with van der Waals surface area (Å²) in [5.74, 6) is -1.34. The average Bonchev–Trinajstić information content (AvgIpc) is 2.47. The predicted molar refractivity (Wildman–Crippen MR) is 88.7 cm³/mol. The first-order chi connectivity index (χ1) is 10.7. The molecular weight excluding hydrogens is 343 g/mol. The van der Waals surface area contributed by atoms with E-state index in [1.807, 2.05) is 0 Å². The fraction of sp³-hybridized carbons (Fsp3) is 0.235. The Hall–Kier alpha value is -2.21. The maximum Gasteiger partial charge on any atom is 0.416 e. The van der Waals surface area contributed by atoms with Crippen LogP contribution >= 0.6 is 12.4 Å². The normalized spacial score (nSPS) is 12.2. The van der Waals surface area contributed by atoms with Gasteiger partial charge < -0.3 is 10.0 Å². The van der Waals surface area contributed by atoms with Crippen molar-refractivity contribution in [3.05, 3.63) is 65.2 Å². The maximum absolute atomic E-state index is 13.2. The van der Waals surface area contributed by atoms with Gasteiger partial charge in [0.15, 0.2) is 6.04 Å². The molecule has 7 heteroatoms. The Balaban J connectivity index is 0.00000288. The number of alkyl halides is 3. The first kappa shape index (κ1) is 19.8. The molecule has 0 amide bonds. The number of aryl methyl sites for hydroxylation is 1. The second-order valence-electron chi connectivity index (χ2n) is 5.22. The van der Waals surface area contributed by atoms with Crippen molar-refractivity contribution in [3.8, 4) is 0 Å². The van der Waals surface area contributed by atoms with Crippen molar-refractivity contribution in [2.45, 2.75) is 19.1 Å². The summed E-state index contributed by atoms with van der Waals surface area (Å²) in [4.78, 5) is 13.0. The quantitative estimate of drug-likeness (QED) is 0.860. The van der Waals surface area contributed by atoms with Crippen LogP contribution in [0.2, 0.25) is 0 Å². The molecule has 2 aromatic carbocycles. The number of hydrogen-bond acceptors (Lipinski definition) is 2. The van der Waals surface area contributed by atoms with Crippen molar-refractivity contribution in [1.29, 1.82) is 0 Å². The van der Waals surface area contributed by atoms with Gasteiger partial charge >= 0.3 is 12.1 Å². The molecule has 3 nitrogen and oxygen atoms in total. The van der Waals surface area contributed by atoms with E-state index in [4.69, 9.17) is 0 Å². The molecule has 0 aliphatic carbocycles. The van der Waals surface area contributed by atoms with E-state index in [2.05, 4.69) is 0 Å². The van der Waals surface area contributed by atoms with Gasteiger partial charge in [-0.3, -0.25) is 0 Å². The van der Waals surface area contributed by atoms with Crippen LogP contribution in [0.5, 0.6) is 0 Å². The van der Waals surface area contributed by atoms with E-state index in [9.17, 15) is 23.1 Å². The zero-order valence-electron chi connectivity index (χ0n) is 13.0. The molecule has 2 aromatic rings. The molecule has 24 heavy (non-hydrogen) atoms. The van der Waals surface area contributed by atoms with Gasteiger partial charge in [0.2, 0.25) is 0 Å². The third kappa shape index (κ3) is 4.00. The molecule has 0 bridgehead atoms. The fourth-order valence-electron chi connectivity index (χ4n) is 2.60. The van der Waals surface area contributed by atoms with Gasteiger partial charge in [-0.2, -0.15) is 13.2 Å². The standard InChI is InChI=1S/C17H16F3NO2.ClH/c1-11-7-3-6-10-14(11)21(2)15(16(22)23)12-8-4-5-9-13(12)17(18,19)20;/h3-10,15H,1-2H3,(H,22,23);1H. The number of anilines is 1. The van der Waals surface area contributed by atoms with Crippen molar-refractivity contribution in [2.24, 2.45) is 0 Å². The highest BCUT2D eigenvalue weighted by Gasteiger charge is 2.38. The van der Waals surface area contributed by atoms with E-state index in [0.29, 0.717) is 5.69 Å². The van der Waals surface area contributed by atoms with Crippen molar-refractivity contribution in [2.75, 3.05) is 11.9 Å². The summed E-state index contributed by atoms with van der Waals surface area (Å²) in [7, 11) is 1.48. The number of rotatable bonds is 4. The monoisotopic (exact) mass is 359 g/mol. The van der Waals surface area contributed by atoms with Gasteiger partial charge in [-0.05, 0) is 30.2 Å². The van der Waals surface area contributed by atoms with Gasteiger partial charge in [0, 0.05) is 12.7 Å². The highest BCUT2D eigenvalue weighted by molar-refractivity contribution is 5.85. The molecule has 0 radical (unpaired) electrons. The van der Waals surface area contributed by atoms with E-state index in [1.54, 1.807) is 31.2 Å². The van der Waals surface area contributed by atoms with E-state index >= 15 is 0 Å². The number of hydrogen-bond donors (Lipinski definition) is 1. The van der Waals surface area contributed by atoms with Gasteiger partial charge in [0.05, 0.1) is 5.56 Å². The molecule has 0 aliphatic rings. The van der Waals surface area contributed by atoms with Crippen LogP contribution in [-0.2, 0) is 11.0 Å². The third-order valence-electron chi connectivity index (χ3n) is 3.68. The largest absolute Gasteiger partial charge is 0.479 e. The smallest absolute Gasteiger partial charge is 0.416 e. The molecule has 0 saturated carbocycles. The molecule has 2 rings (SSSR count). The van der Waals surface area contributed by atoms with Crippen LogP contribution in [0.25, 0.3) is 0 Å². The number of carbonyl (C=O) groups is 1. The number of benzene rings is 2. The van der Waals surface area contributed by atoms with E-state index in [1.165, 1.54) is 30.1 Å². The van der Waals surface area contributed by atoms with Crippen molar-refractivity contribution < 1.29 is 23.1 Å². The van der Waals surface area contributed by atoms with Crippen molar-refractivity contribution in [3.63, 3.8) is 0 Å². The lowest BCUT2D eigenvalue weighted by Gasteiger charge is -2.30. The van der Waals surface area contributed by atoms with Gasteiger partial charge in [0.1, 0.15) is 0 Å². The summed E-state index contributed by atoms with van der Waals surface area (Å²) in [6, 6.07) is 10.3. The lowest BCUT2D eigenvalue weighted by atomic mass is 9.98. The molecule has 0 spiro atoms. The molecule has 1 N–H and O–H groups in total. The second-order valence-corrected chi connectivity index (χ2v) is 5.22. The van der Waals surface area contributed by atoms with Crippen LogP contribution in [0.1, 0.15) is 22.7 Å². The first-order valence-electron chi connectivity index (χ1n) is 6.91. The number of carboxylic acids is 1. The van der Waals surface area contributed by atoms with E-state index in [0.717, 1.165) is 11.6 Å². The summed E-state index contributed by atoms with van der Waals surface area (Å²) >= 11 is 0. The van der Waals surface area contributed by atoms with Crippen LogP contribution in [0.15, 0.2) is 48.5 Å². The molecule has 1 unspecified atom stereocenters. The van der Waals surface area contributed by atoms with Gasteiger partial charge in [-0.25, -0.2) is 4.79 Å². The second kappa shape index (κ2) is 7.57. The lowest BCUT2D eigenvalue weighted by Crippen LogP contribution is -2.33. The molecular formula is C17H17ClF3NO2. The number of para-hydroxylation sites is 1. The average molecular weight is 360 g/mol. The molecule has 130 valence electrons. The summed E-state index contributed by atoms with van der Waals surface area (Å²) in [6.45, 7) is 1.78. The van der Waals surface area contributed by atoms with Crippen molar-refractivity contribution in [1.82, 2.24) is 0 Å². The van der Waals surface area contributed by atoms with Gasteiger partial charge in [-0.1, -0.05) is 36.4 Å². The van der Waals surface area contributed by atoms with Crippen LogP contribution in [-0.4, -0.2) is 18.1 Å². The Labute approximate surface area is 144 Å². The number of nitrogens with zero attached hydrogens (tertiary/aromatic N) is 1. The topological polar surface area (TPSA) is 40.5 Å². The van der Waals surface area contributed by atoms with Crippen LogP contribution in [0.4, 0.5) is 18.9 Å². The third-order valence-corrected chi connectivity index (χ3v) is 3.68. The number of carboxylic acid groups (broad SMARTS) is 1. The van der Waals surface area contributed by atoms with Crippen LogP contribution in [0, 0.1) is 6.92 Å². The minimum absolute atomic E-state index is 0. The van der Waals surface area contributed by atoms with Crippen molar-refractivity contribution >= 4 is 24.1 Å². The molecule has 0 heterocycles. The first-order valence-corrected chi connectivity index (χ1v) is 6.91. The minimum atomic E-state index is -4.61. The number of halogens is 4. The fourth-order valence-corrected chi connectivity index (χ4v) is 2.60. The Kier molecular flexibility index (Phi) is 6.26. The summed E-state index contributed by atoms with van der Waals surface area (Å²) in [5, 5.41) is 9.53. The molecule has 0 aliphatic heterocycles.